The third kappa shape index (κ3) is 4.45. The van der Waals surface area contributed by atoms with Gasteiger partial charge in [0, 0.05) is 19.0 Å². The van der Waals surface area contributed by atoms with Gasteiger partial charge in [0.1, 0.15) is 0 Å². The largest absolute Gasteiger partial charge is 0.339 e. The molecule has 2 fully saturated rings. The molecule has 2 saturated carbocycles. The van der Waals surface area contributed by atoms with Crippen molar-refractivity contribution in [1.29, 1.82) is 0 Å². The maximum atomic E-state index is 13.0. The standard InChI is InChI=1S/C18H34N2O/c1-15(2)13-20(16-8-4-5-9-16)17(21)12-18(14-19)10-6-3-7-11-18/h15-16H,3-14,19H2,1-2H3. The Morgan fingerprint density at radius 2 is 1.76 bits per heavy atom. The van der Waals surface area contributed by atoms with Gasteiger partial charge in [-0.05, 0) is 43.6 Å². The zero-order valence-electron chi connectivity index (χ0n) is 14.1. The van der Waals surface area contributed by atoms with E-state index in [4.69, 9.17) is 5.73 Å². The van der Waals surface area contributed by atoms with Gasteiger partial charge in [0.25, 0.3) is 0 Å². The summed E-state index contributed by atoms with van der Waals surface area (Å²) in [6, 6.07) is 0.498. The van der Waals surface area contributed by atoms with Crippen molar-refractivity contribution in [3.05, 3.63) is 0 Å². The average molecular weight is 294 g/mol. The van der Waals surface area contributed by atoms with Crippen LogP contribution in [-0.4, -0.2) is 29.9 Å². The van der Waals surface area contributed by atoms with E-state index in [0.29, 0.717) is 30.8 Å². The Kier molecular flexibility index (Phi) is 6.09. The Bertz CT molecular complexity index is 328. The summed E-state index contributed by atoms with van der Waals surface area (Å²) in [6.45, 7) is 6.03. The fourth-order valence-corrected chi connectivity index (χ4v) is 4.24. The highest BCUT2D eigenvalue weighted by Crippen LogP contribution is 2.39. The smallest absolute Gasteiger partial charge is 0.223 e. The summed E-state index contributed by atoms with van der Waals surface area (Å²) >= 11 is 0. The molecule has 0 saturated heterocycles. The van der Waals surface area contributed by atoms with E-state index in [0.717, 1.165) is 19.4 Å². The maximum Gasteiger partial charge on any atom is 0.223 e. The molecule has 122 valence electrons. The number of carbonyl (C=O) groups excluding carboxylic acids is 1. The van der Waals surface area contributed by atoms with Crippen LogP contribution in [-0.2, 0) is 4.79 Å². The van der Waals surface area contributed by atoms with Crippen LogP contribution in [0, 0.1) is 11.3 Å². The first-order valence-corrected chi connectivity index (χ1v) is 9.06. The molecule has 1 amide bonds. The molecule has 0 radical (unpaired) electrons. The molecule has 2 aliphatic carbocycles. The van der Waals surface area contributed by atoms with Gasteiger partial charge in [0.15, 0.2) is 0 Å². The monoisotopic (exact) mass is 294 g/mol. The van der Waals surface area contributed by atoms with Crippen LogP contribution in [0.4, 0.5) is 0 Å². The van der Waals surface area contributed by atoms with E-state index >= 15 is 0 Å². The van der Waals surface area contributed by atoms with Gasteiger partial charge in [-0.15, -0.1) is 0 Å². The second-order valence-electron chi connectivity index (χ2n) is 7.82. The molecule has 3 nitrogen and oxygen atoms in total. The topological polar surface area (TPSA) is 46.3 Å². The highest BCUT2D eigenvalue weighted by Gasteiger charge is 2.36. The van der Waals surface area contributed by atoms with Gasteiger partial charge in [-0.3, -0.25) is 4.79 Å². The third-order valence-corrected chi connectivity index (χ3v) is 5.52. The van der Waals surface area contributed by atoms with Crippen molar-refractivity contribution in [2.75, 3.05) is 13.1 Å². The molecule has 21 heavy (non-hydrogen) atoms. The summed E-state index contributed by atoms with van der Waals surface area (Å²) in [6.07, 6.45) is 11.8. The molecule has 2 N–H and O–H groups in total. The molecule has 2 rings (SSSR count). The SMILES string of the molecule is CC(C)CN(C(=O)CC1(CN)CCCCC1)C1CCCC1. The van der Waals surface area contributed by atoms with Crippen LogP contribution in [0.3, 0.4) is 0 Å². The lowest BCUT2D eigenvalue weighted by atomic mass is 9.71. The van der Waals surface area contributed by atoms with Crippen molar-refractivity contribution in [2.24, 2.45) is 17.1 Å². The van der Waals surface area contributed by atoms with E-state index in [1.807, 2.05) is 0 Å². The first-order chi connectivity index (χ1) is 10.1. The molecule has 3 heteroatoms. The molecule has 0 aromatic carbocycles. The quantitative estimate of drug-likeness (QED) is 0.811. The molecule has 0 aromatic heterocycles. The number of hydrogen-bond acceptors (Lipinski definition) is 2. The summed E-state index contributed by atoms with van der Waals surface area (Å²) in [5.41, 5.74) is 6.17. The minimum atomic E-state index is 0.100. The van der Waals surface area contributed by atoms with Crippen molar-refractivity contribution in [2.45, 2.75) is 84.1 Å². The van der Waals surface area contributed by atoms with E-state index in [1.54, 1.807) is 0 Å². The van der Waals surface area contributed by atoms with Gasteiger partial charge in [0.2, 0.25) is 5.91 Å². The molecular weight excluding hydrogens is 260 g/mol. The summed E-state index contributed by atoms with van der Waals surface area (Å²) in [7, 11) is 0. The molecule has 0 bridgehead atoms. The van der Waals surface area contributed by atoms with Crippen LogP contribution in [0.1, 0.15) is 78.1 Å². The van der Waals surface area contributed by atoms with Crippen LogP contribution >= 0.6 is 0 Å². The maximum absolute atomic E-state index is 13.0. The Balaban J connectivity index is 2.02. The van der Waals surface area contributed by atoms with Gasteiger partial charge >= 0.3 is 0 Å². The normalized spacial score (nSPS) is 22.7. The number of rotatable bonds is 6. The van der Waals surface area contributed by atoms with Crippen molar-refractivity contribution in [3.8, 4) is 0 Å². The Labute approximate surface area is 130 Å². The fraction of sp³-hybridized carbons (Fsp3) is 0.944. The average Bonchev–Trinajstić information content (AvgIpc) is 2.99. The van der Waals surface area contributed by atoms with Crippen LogP contribution in [0.5, 0.6) is 0 Å². The van der Waals surface area contributed by atoms with E-state index in [1.165, 1.54) is 44.9 Å². The molecular formula is C18H34N2O. The van der Waals surface area contributed by atoms with Crippen LogP contribution in [0.15, 0.2) is 0 Å². The van der Waals surface area contributed by atoms with E-state index in [-0.39, 0.29) is 5.41 Å². The number of amides is 1. The molecule has 0 atom stereocenters. The minimum Gasteiger partial charge on any atom is -0.339 e. The van der Waals surface area contributed by atoms with Gasteiger partial charge in [-0.2, -0.15) is 0 Å². The molecule has 0 heterocycles. The van der Waals surface area contributed by atoms with Gasteiger partial charge in [-0.1, -0.05) is 46.0 Å². The summed E-state index contributed by atoms with van der Waals surface area (Å²) in [5, 5.41) is 0. The zero-order valence-corrected chi connectivity index (χ0v) is 14.1. The van der Waals surface area contributed by atoms with Crippen LogP contribution in [0.2, 0.25) is 0 Å². The lowest BCUT2D eigenvalue weighted by Crippen LogP contribution is -2.45. The number of carbonyl (C=O) groups is 1. The van der Waals surface area contributed by atoms with Gasteiger partial charge in [0.05, 0.1) is 0 Å². The Morgan fingerprint density at radius 1 is 1.14 bits per heavy atom. The van der Waals surface area contributed by atoms with Crippen molar-refractivity contribution in [3.63, 3.8) is 0 Å². The predicted molar refractivity (Wildman–Crippen MR) is 88.0 cm³/mol. The Hall–Kier alpha value is -0.570. The highest BCUT2D eigenvalue weighted by molar-refractivity contribution is 5.77. The van der Waals surface area contributed by atoms with Crippen molar-refractivity contribution >= 4 is 5.91 Å². The molecule has 0 spiro atoms. The number of nitrogens with two attached hydrogens (primary N) is 1. The highest BCUT2D eigenvalue weighted by atomic mass is 16.2. The summed E-state index contributed by atoms with van der Waals surface area (Å²) in [4.78, 5) is 15.2. The Morgan fingerprint density at radius 3 is 2.29 bits per heavy atom. The third-order valence-electron chi connectivity index (χ3n) is 5.52. The van der Waals surface area contributed by atoms with Gasteiger partial charge < -0.3 is 10.6 Å². The second-order valence-corrected chi connectivity index (χ2v) is 7.82. The molecule has 0 unspecified atom stereocenters. The van der Waals surface area contributed by atoms with E-state index < -0.39 is 0 Å². The minimum absolute atomic E-state index is 0.100. The van der Waals surface area contributed by atoms with Crippen molar-refractivity contribution < 1.29 is 4.79 Å². The lowest BCUT2D eigenvalue weighted by molar-refractivity contribution is -0.137. The first-order valence-electron chi connectivity index (χ1n) is 9.06. The van der Waals surface area contributed by atoms with Crippen molar-refractivity contribution in [1.82, 2.24) is 4.90 Å². The van der Waals surface area contributed by atoms with Crippen LogP contribution < -0.4 is 5.73 Å². The zero-order chi connectivity index (χ0) is 15.3. The van der Waals surface area contributed by atoms with Crippen LogP contribution in [0.25, 0.3) is 0 Å². The lowest BCUT2D eigenvalue weighted by Gasteiger charge is -2.39. The van der Waals surface area contributed by atoms with Gasteiger partial charge in [-0.25, -0.2) is 0 Å². The fourth-order valence-electron chi connectivity index (χ4n) is 4.24. The number of nitrogens with zero attached hydrogens (tertiary/aromatic N) is 1. The second kappa shape index (κ2) is 7.62. The molecule has 0 aliphatic heterocycles. The van der Waals surface area contributed by atoms with E-state index in [9.17, 15) is 4.79 Å². The molecule has 0 aromatic rings. The number of hydrogen-bond donors (Lipinski definition) is 1. The molecule has 2 aliphatic rings. The summed E-state index contributed by atoms with van der Waals surface area (Å²) in [5.74, 6) is 0.928. The van der Waals surface area contributed by atoms with E-state index in [2.05, 4.69) is 18.7 Å². The first kappa shape index (κ1) is 16.8. The summed E-state index contributed by atoms with van der Waals surface area (Å²) < 4.78 is 0. The predicted octanol–water partition coefficient (Wildman–Crippen LogP) is 3.71.